The van der Waals surface area contributed by atoms with Gasteiger partial charge in [-0.25, -0.2) is 4.39 Å². The van der Waals surface area contributed by atoms with Crippen LogP contribution in [0.2, 0.25) is 0 Å². The second-order valence-electron chi connectivity index (χ2n) is 6.01. The Morgan fingerprint density at radius 2 is 1.83 bits per heavy atom. The Hall–Kier alpha value is -1.09. The van der Waals surface area contributed by atoms with Crippen LogP contribution in [0.15, 0.2) is 18.2 Å². The molecule has 0 aromatic heterocycles. The first-order valence-corrected chi connectivity index (χ1v) is 6.85. The number of halogens is 1. The van der Waals surface area contributed by atoms with Crippen LogP contribution in [0.3, 0.4) is 0 Å². The summed E-state index contributed by atoms with van der Waals surface area (Å²) in [6.07, 6.45) is 4.93. The Kier molecular flexibility index (Phi) is 2.08. The molecule has 2 aliphatic carbocycles. The van der Waals surface area contributed by atoms with Crippen LogP contribution in [0.5, 0.6) is 5.75 Å². The normalized spacial score (nSPS) is 29.6. The zero-order valence-corrected chi connectivity index (χ0v) is 10.2. The van der Waals surface area contributed by atoms with Crippen molar-refractivity contribution in [3.63, 3.8) is 0 Å². The van der Waals surface area contributed by atoms with E-state index < -0.39 is 6.10 Å². The lowest BCUT2D eigenvalue weighted by molar-refractivity contribution is -0.0464. The molecular weight excluding hydrogens is 231 g/mol. The molecule has 96 valence electrons. The predicted octanol–water partition coefficient (Wildman–Crippen LogP) is 3.20. The van der Waals surface area contributed by atoms with E-state index in [0.717, 1.165) is 5.56 Å². The summed E-state index contributed by atoms with van der Waals surface area (Å²) in [4.78, 5) is 0. The number of benzene rings is 1. The molecule has 18 heavy (non-hydrogen) atoms. The molecule has 0 spiro atoms. The second kappa shape index (κ2) is 3.47. The van der Waals surface area contributed by atoms with E-state index in [-0.39, 0.29) is 11.4 Å². The van der Waals surface area contributed by atoms with Crippen LogP contribution >= 0.6 is 0 Å². The van der Waals surface area contributed by atoms with Crippen molar-refractivity contribution in [3.05, 3.63) is 29.6 Å². The summed E-state index contributed by atoms with van der Waals surface area (Å²) in [5.74, 6) is 1.41. The first-order chi connectivity index (χ1) is 8.69. The summed E-state index contributed by atoms with van der Waals surface area (Å²) >= 11 is 0. The first kappa shape index (κ1) is 10.8. The van der Waals surface area contributed by atoms with Crippen molar-refractivity contribution in [3.8, 4) is 5.75 Å². The molecule has 2 saturated carbocycles. The highest BCUT2D eigenvalue weighted by atomic mass is 19.1. The summed E-state index contributed by atoms with van der Waals surface area (Å²) in [5, 5.41) is 10.3. The maximum absolute atomic E-state index is 13.3. The van der Waals surface area contributed by atoms with E-state index in [1.807, 2.05) is 0 Å². The van der Waals surface area contributed by atoms with Crippen LogP contribution in [0, 0.1) is 17.7 Å². The van der Waals surface area contributed by atoms with Gasteiger partial charge in [0.1, 0.15) is 17.2 Å². The molecule has 0 saturated heterocycles. The highest BCUT2D eigenvalue weighted by Crippen LogP contribution is 2.59. The summed E-state index contributed by atoms with van der Waals surface area (Å²) in [5.41, 5.74) is 0.536. The number of aliphatic hydroxyl groups excluding tert-OH is 1. The van der Waals surface area contributed by atoms with Gasteiger partial charge in [-0.15, -0.1) is 0 Å². The van der Waals surface area contributed by atoms with Gasteiger partial charge >= 0.3 is 0 Å². The largest absolute Gasteiger partial charge is 0.486 e. The lowest BCUT2D eigenvalue weighted by atomic mass is 9.81. The molecule has 1 N–H and O–H groups in total. The molecule has 2 fully saturated rings. The monoisotopic (exact) mass is 248 g/mol. The minimum absolute atomic E-state index is 0.208. The van der Waals surface area contributed by atoms with Crippen LogP contribution in [-0.2, 0) is 0 Å². The summed E-state index contributed by atoms with van der Waals surface area (Å²) in [7, 11) is 0. The van der Waals surface area contributed by atoms with Gasteiger partial charge in [0.15, 0.2) is 0 Å². The van der Waals surface area contributed by atoms with E-state index in [4.69, 9.17) is 4.74 Å². The molecule has 0 bridgehead atoms. The van der Waals surface area contributed by atoms with E-state index in [9.17, 15) is 9.50 Å². The van der Waals surface area contributed by atoms with Gasteiger partial charge < -0.3 is 9.84 Å². The van der Waals surface area contributed by atoms with Gasteiger partial charge in [0, 0.05) is 18.1 Å². The second-order valence-corrected chi connectivity index (χ2v) is 6.01. The lowest BCUT2D eigenvalue weighted by Gasteiger charge is -2.41. The Bertz CT molecular complexity index is 479. The smallest absolute Gasteiger partial charge is 0.128 e. The van der Waals surface area contributed by atoms with E-state index >= 15 is 0 Å². The van der Waals surface area contributed by atoms with E-state index in [1.165, 1.54) is 37.8 Å². The Labute approximate surface area is 106 Å². The molecule has 2 nitrogen and oxygen atoms in total. The molecule has 3 aliphatic rings. The van der Waals surface area contributed by atoms with Gasteiger partial charge in [-0.1, -0.05) is 0 Å². The molecule has 4 rings (SSSR count). The Morgan fingerprint density at radius 3 is 2.44 bits per heavy atom. The molecule has 1 atom stereocenters. The third kappa shape index (κ3) is 1.50. The number of aliphatic hydroxyl groups is 1. The van der Waals surface area contributed by atoms with Gasteiger partial charge in [0.05, 0.1) is 6.10 Å². The predicted molar refractivity (Wildman–Crippen MR) is 64.8 cm³/mol. The van der Waals surface area contributed by atoms with Gasteiger partial charge in [0.25, 0.3) is 0 Å². The molecule has 0 radical (unpaired) electrons. The maximum atomic E-state index is 13.3. The molecule has 3 heteroatoms. The van der Waals surface area contributed by atoms with Gasteiger partial charge in [-0.05, 0) is 49.7 Å². The minimum Gasteiger partial charge on any atom is -0.486 e. The molecule has 1 aromatic carbocycles. The molecule has 0 amide bonds. The molecular formula is C15H17FO2. The highest BCUT2D eigenvalue weighted by Gasteiger charge is 2.58. The number of ether oxygens (including phenoxy) is 1. The quantitative estimate of drug-likeness (QED) is 0.871. The van der Waals surface area contributed by atoms with E-state index in [2.05, 4.69) is 0 Å². The fraction of sp³-hybridized carbons (Fsp3) is 0.600. The van der Waals surface area contributed by atoms with Gasteiger partial charge in [-0.2, -0.15) is 0 Å². The fourth-order valence-corrected chi connectivity index (χ4v) is 3.51. The molecule has 1 aliphatic heterocycles. The van der Waals surface area contributed by atoms with Crippen molar-refractivity contribution in [1.29, 1.82) is 0 Å². The number of fused-ring (bicyclic) bond motifs is 1. The SMILES string of the molecule is O[C@H]1CC(C2CC2)(C2CC2)Oc2cc(F)ccc21. The van der Waals surface area contributed by atoms with Crippen molar-refractivity contribution in [2.45, 2.75) is 43.8 Å². The maximum Gasteiger partial charge on any atom is 0.128 e. The summed E-state index contributed by atoms with van der Waals surface area (Å²) in [6.45, 7) is 0. The lowest BCUT2D eigenvalue weighted by Crippen LogP contribution is -2.45. The zero-order valence-electron chi connectivity index (χ0n) is 10.2. The third-order valence-electron chi connectivity index (χ3n) is 4.68. The van der Waals surface area contributed by atoms with Crippen molar-refractivity contribution in [1.82, 2.24) is 0 Å². The first-order valence-electron chi connectivity index (χ1n) is 6.85. The van der Waals surface area contributed by atoms with Crippen LogP contribution in [-0.4, -0.2) is 10.7 Å². The summed E-state index contributed by atoms with van der Waals surface area (Å²) < 4.78 is 19.6. The van der Waals surface area contributed by atoms with E-state index in [1.54, 1.807) is 6.07 Å². The zero-order chi connectivity index (χ0) is 12.3. The van der Waals surface area contributed by atoms with Crippen LogP contribution < -0.4 is 4.74 Å². The summed E-state index contributed by atoms with van der Waals surface area (Å²) in [6, 6.07) is 4.48. The average Bonchev–Trinajstić information content (AvgIpc) is 3.17. The third-order valence-corrected chi connectivity index (χ3v) is 4.68. The Balaban J connectivity index is 1.77. The molecule has 1 heterocycles. The number of rotatable bonds is 2. The Morgan fingerprint density at radius 1 is 1.17 bits per heavy atom. The van der Waals surface area contributed by atoms with E-state index in [0.29, 0.717) is 24.0 Å². The average molecular weight is 248 g/mol. The van der Waals surface area contributed by atoms with Crippen LogP contribution in [0.25, 0.3) is 0 Å². The highest BCUT2D eigenvalue weighted by molar-refractivity contribution is 5.39. The minimum atomic E-state index is -0.504. The topological polar surface area (TPSA) is 29.5 Å². The van der Waals surface area contributed by atoms with Crippen molar-refractivity contribution in [2.75, 3.05) is 0 Å². The number of hydrogen-bond donors (Lipinski definition) is 1. The van der Waals surface area contributed by atoms with Crippen LogP contribution in [0.4, 0.5) is 4.39 Å². The van der Waals surface area contributed by atoms with Gasteiger partial charge in [-0.3, -0.25) is 0 Å². The van der Waals surface area contributed by atoms with Crippen molar-refractivity contribution >= 4 is 0 Å². The van der Waals surface area contributed by atoms with Crippen molar-refractivity contribution in [2.24, 2.45) is 11.8 Å². The van der Waals surface area contributed by atoms with Gasteiger partial charge in [0.2, 0.25) is 0 Å². The fourth-order valence-electron chi connectivity index (χ4n) is 3.51. The standard InChI is InChI=1S/C15H17FO2/c16-11-5-6-12-13(17)8-15(9-1-2-9,10-3-4-10)18-14(12)7-11/h5-7,9-10,13,17H,1-4,8H2/t13-/m0/s1. The molecule has 0 unspecified atom stereocenters. The number of hydrogen-bond acceptors (Lipinski definition) is 2. The van der Waals surface area contributed by atoms with Crippen LogP contribution in [0.1, 0.15) is 43.8 Å². The van der Waals surface area contributed by atoms with Crippen molar-refractivity contribution < 1.29 is 14.2 Å². The molecule has 1 aromatic rings.